The molecule has 0 fully saturated rings. The van der Waals surface area contributed by atoms with Crippen LogP contribution in [-0.2, 0) is 6.61 Å². The van der Waals surface area contributed by atoms with Crippen LogP contribution in [-0.4, -0.2) is 14.2 Å². The maximum atomic E-state index is 12.9. The zero-order valence-corrected chi connectivity index (χ0v) is 16.2. The Morgan fingerprint density at radius 2 is 1.59 bits per heavy atom. The summed E-state index contributed by atoms with van der Waals surface area (Å²) >= 11 is 0. The summed E-state index contributed by atoms with van der Waals surface area (Å²) < 4.78 is 22.0. The lowest BCUT2D eigenvalue weighted by atomic mass is 10.1. The Balaban J connectivity index is 1.59. The molecule has 0 aliphatic rings. The van der Waals surface area contributed by atoms with Gasteiger partial charge in [0.1, 0.15) is 35.7 Å². The predicted molar refractivity (Wildman–Crippen MR) is 112 cm³/mol. The molecule has 0 aliphatic carbocycles. The minimum atomic E-state index is -0.0873. The lowest BCUT2D eigenvalue weighted by molar-refractivity contribution is 0.305. The van der Waals surface area contributed by atoms with Crippen molar-refractivity contribution in [2.24, 2.45) is 0 Å². The Hall–Kier alpha value is -3.73. The SMILES string of the molecule is COc1ccc(-c2coc3cc(OCc4cccc(OC)c4)ccc3c2=O)cc1. The van der Waals surface area contributed by atoms with Crippen molar-refractivity contribution in [2.45, 2.75) is 6.61 Å². The highest BCUT2D eigenvalue weighted by Gasteiger charge is 2.10. The van der Waals surface area contributed by atoms with Crippen molar-refractivity contribution in [3.05, 3.63) is 88.8 Å². The second kappa shape index (κ2) is 8.10. The molecule has 1 aromatic heterocycles. The second-order valence-electron chi connectivity index (χ2n) is 6.51. The first-order valence-corrected chi connectivity index (χ1v) is 9.13. The van der Waals surface area contributed by atoms with Gasteiger partial charge in [0, 0.05) is 6.07 Å². The van der Waals surface area contributed by atoms with E-state index in [4.69, 9.17) is 18.6 Å². The molecule has 0 aliphatic heterocycles. The van der Waals surface area contributed by atoms with Crippen molar-refractivity contribution in [3.63, 3.8) is 0 Å². The third kappa shape index (κ3) is 3.94. The van der Waals surface area contributed by atoms with E-state index >= 15 is 0 Å². The van der Waals surface area contributed by atoms with E-state index in [1.165, 1.54) is 6.26 Å². The van der Waals surface area contributed by atoms with Gasteiger partial charge in [-0.3, -0.25) is 4.79 Å². The summed E-state index contributed by atoms with van der Waals surface area (Å²) in [5, 5.41) is 0.507. The van der Waals surface area contributed by atoms with Gasteiger partial charge in [-0.2, -0.15) is 0 Å². The number of methoxy groups -OCH3 is 2. The average Bonchev–Trinajstić information content (AvgIpc) is 2.78. The van der Waals surface area contributed by atoms with E-state index < -0.39 is 0 Å². The molecule has 5 heteroatoms. The van der Waals surface area contributed by atoms with E-state index in [9.17, 15) is 4.79 Å². The van der Waals surface area contributed by atoms with Gasteiger partial charge >= 0.3 is 0 Å². The molecular weight excluding hydrogens is 368 g/mol. The van der Waals surface area contributed by atoms with Crippen LogP contribution in [0.1, 0.15) is 5.56 Å². The summed E-state index contributed by atoms with van der Waals surface area (Å²) in [6.45, 7) is 0.386. The molecule has 0 saturated heterocycles. The minimum Gasteiger partial charge on any atom is -0.497 e. The molecule has 0 saturated carbocycles. The van der Waals surface area contributed by atoms with E-state index in [1.807, 2.05) is 48.5 Å². The van der Waals surface area contributed by atoms with Crippen LogP contribution in [0.15, 0.2) is 82.2 Å². The molecule has 4 aromatic rings. The molecule has 0 unspecified atom stereocenters. The lowest BCUT2D eigenvalue weighted by Crippen LogP contribution is -2.05. The molecule has 0 atom stereocenters. The summed E-state index contributed by atoms with van der Waals surface area (Å²) in [5.74, 6) is 2.14. The van der Waals surface area contributed by atoms with Gasteiger partial charge in [0.25, 0.3) is 0 Å². The molecule has 0 spiro atoms. The number of hydrogen-bond donors (Lipinski definition) is 0. The number of benzene rings is 3. The van der Waals surface area contributed by atoms with Crippen molar-refractivity contribution in [1.82, 2.24) is 0 Å². The normalized spacial score (nSPS) is 10.7. The van der Waals surface area contributed by atoms with Gasteiger partial charge in [-0.1, -0.05) is 24.3 Å². The number of rotatable bonds is 6. The Kier molecular flexibility index (Phi) is 5.20. The first-order chi connectivity index (χ1) is 14.2. The molecular formula is C24H20O5. The highest BCUT2D eigenvalue weighted by Crippen LogP contribution is 2.25. The van der Waals surface area contributed by atoms with Gasteiger partial charge in [-0.15, -0.1) is 0 Å². The molecule has 4 rings (SSSR count). The van der Waals surface area contributed by atoms with Crippen molar-refractivity contribution < 1.29 is 18.6 Å². The van der Waals surface area contributed by atoms with Crippen molar-refractivity contribution >= 4 is 11.0 Å². The van der Waals surface area contributed by atoms with E-state index in [2.05, 4.69) is 0 Å². The van der Waals surface area contributed by atoms with Crippen LogP contribution in [0.3, 0.4) is 0 Å². The van der Waals surface area contributed by atoms with E-state index in [0.717, 1.165) is 22.6 Å². The zero-order valence-electron chi connectivity index (χ0n) is 16.2. The van der Waals surface area contributed by atoms with Crippen LogP contribution < -0.4 is 19.6 Å². The summed E-state index contributed by atoms with van der Waals surface area (Å²) in [5.41, 5.74) is 2.66. The first-order valence-electron chi connectivity index (χ1n) is 9.13. The lowest BCUT2D eigenvalue weighted by Gasteiger charge is -2.09. The summed E-state index contributed by atoms with van der Waals surface area (Å²) in [6, 6.07) is 20.2. The third-order valence-electron chi connectivity index (χ3n) is 4.69. The predicted octanol–water partition coefficient (Wildman–Crippen LogP) is 5.06. The van der Waals surface area contributed by atoms with E-state index in [0.29, 0.717) is 28.9 Å². The van der Waals surface area contributed by atoms with E-state index in [1.54, 1.807) is 32.4 Å². The second-order valence-corrected chi connectivity index (χ2v) is 6.51. The monoisotopic (exact) mass is 388 g/mol. The minimum absolute atomic E-state index is 0.0873. The molecule has 5 nitrogen and oxygen atoms in total. The van der Waals surface area contributed by atoms with E-state index in [-0.39, 0.29) is 5.43 Å². The van der Waals surface area contributed by atoms with Crippen LogP contribution in [0, 0.1) is 0 Å². The smallest absolute Gasteiger partial charge is 0.200 e. The highest BCUT2D eigenvalue weighted by molar-refractivity contribution is 5.82. The van der Waals surface area contributed by atoms with Crippen LogP contribution >= 0.6 is 0 Å². The molecule has 1 heterocycles. The van der Waals surface area contributed by atoms with Gasteiger partial charge in [-0.25, -0.2) is 0 Å². The van der Waals surface area contributed by atoms with Gasteiger partial charge in [0.15, 0.2) is 5.43 Å². The fourth-order valence-corrected chi connectivity index (χ4v) is 3.10. The van der Waals surface area contributed by atoms with Crippen molar-refractivity contribution in [1.29, 1.82) is 0 Å². The Morgan fingerprint density at radius 1 is 0.828 bits per heavy atom. The maximum Gasteiger partial charge on any atom is 0.200 e. The number of ether oxygens (including phenoxy) is 3. The molecule has 0 N–H and O–H groups in total. The van der Waals surface area contributed by atoms with Gasteiger partial charge < -0.3 is 18.6 Å². The van der Waals surface area contributed by atoms with Gasteiger partial charge in [0.2, 0.25) is 0 Å². The standard InChI is InChI=1S/C24H20O5/c1-26-18-8-6-17(7-9-18)22-15-29-23-13-20(10-11-21(23)24(22)25)28-14-16-4-3-5-19(12-16)27-2/h3-13,15H,14H2,1-2H3. The summed E-state index contributed by atoms with van der Waals surface area (Å²) in [7, 11) is 3.23. The fourth-order valence-electron chi connectivity index (χ4n) is 3.10. The van der Waals surface area contributed by atoms with Crippen LogP contribution in [0.25, 0.3) is 22.1 Å². The van der Waals surface area contributed by atoms with Crippen LogP contribution in [0.2, 0.25) is 0 Å². The first kappa shape index (κ1) is 18.6. The molecule has 0 amide bonds. The number of hydrogen-bond acceptors (Lipinski definition) is 5. The molecule has 0 radical (unpaired) electrons. The van der Waals surface area contributed by atoms with Gasteiger partial charge in [0.05, 0.1) is 25.2 Å². The molecule has 146 valence electrons. The summed E-state index contributed by atoms with van der Waals surface area (Å²) in [4.78, 5) is 12.9. The maximum absolute atomic E-state index is 12.9. The molecule has 29 heavy (non-hydrogen) atoms. The van der Waals surface area contributed by atoms with Crippen LogP contribution in [0.5, 0.6) is 17.2 Å². The molecule has 3 aromatic carbocycles. The Bertz CT molecular complexity index is 1190. The zero-order chi connectivity index (χ0) is 20.2. The summed E-state index contributed by atoms with van der Waals surface area (Å²) in [6.07, 6.45) is 1.48. The van der Waals surface area contributed by atoms with Crippen molar-refractivity contribution in [3.8, 4) is 28.4 Å². The number of fused-ring (bicyclic) bond motifs is 1. The molecule has 0 bridgehead atoms. The quantitative estimate of drug-likeness (QED) is 0.462. The average molecular weight is 388 g/mol. The fraction of sp³-hybridized carbons (Fsp3) is 0.125. The van der Waals surface area contributed by atoms with Gasteiger partial charge in [-0.05, 0) is 47.5 Å². The highest BCUT2D eigenvalue weighted by atomic mass is 16.5. The largest absolute Gasteiger partial charge is 0.497 e. The Labute approximate surface area is 168 Å². The third-order valence-corrected chi connectivity index (χ3v) is 4.69. The van der Waals surface area contributed by atoms with Crippen LogP contribution in [0.4, 0.5) is 0 Å². The van der Waals surface area contributed by atoms with Crippen molar-refractivity contribution in [2.75, 3.05) is 14.2 Å². The topological polar surface area (TPSA) is 57.9 Å². The Morgan fingerprint density at radius 3 is 2.34 bits per heavy atom.